The number of benzene rings is 2. The summed E-state index contributed by atoms with van der Waals surface area (Å²) in [4.78, 5) is 61.8. The Balaban J connectivity index is 1.20. The molecule has 2 aliphatic rings. The summed E-state index contributed by atoms with van der Waals surface area (Å²) in [7, 11) is 0. The van der Waals surface area contributed by atoms with E-state index in [0.29, 0.717) is 23.6 Å². The highest BCUT2D eigenvalue weighted by Crippen LogP contribution is 2.48. The van der Waals surface area contributed by atoms with Gasteiger partial charge in [-0.15, -0.1) is 0 Å². The number of anilines is 3. The van der Waals surface area contributed by atoms with Crippen molar-refractivity contribution in [3.05, 3.63) is 64.7 Å². The molecule has 6 N–H and O–H groups in total. The molecule has 3 amide bonds. The number of rotatable bonds is 14. The summed E-state index contributed by atoms with van der Waals surface area (Å²) in [5.41, 5.74) is 0.698. The summed E-state index contributed by atoms with van der Waals surface area (Å²) in [6, 6.07) is 10.3. The van der Waals surface area contributed by atoms with E-state index in [1.54, 1.807) is 12.1 Å². The zero-order valence-corrected chi connectivity index (χ0v) is 28.8. The van der Waals surface area contributed by atoms with Crippen molar-refractivity contribution in [3.8, 4) is 6.01 Å². The van der Waals surface area contributed by atoms with Crippen molar-refractivity contribution in [3.63, 3.8) is 0 Å². The third-order valence-corrected chi connectivity index (χ3v) is 9.13. The Hall–Kier alpha value is -5.19. The number of carbonyl (C=O) groups is 4. The van der Waals surface area contributed by atoms with Gasteiger partial charge >= 0.3 is 30.0 Å². The number of nitrogens with zero attached hydrogens (tertiary/aromatic N) is 3. The summed E-state index contributed by atoms with van der Waals surface area (Å²) < 4.78 is 43.6. The van der Waals surface area contributed by atoms with Crippen LogP contribution in [0.2, 0.25) is 5.02 Å². The van der Waals surface area contributed by atoms with Crippen molar-refractivity contribution < 1.29 is 42.2 Å². The molecule has 0 saturated heterocycles. The molecule has 1 heterocycles. The van der Waals surface area contributed by atoms with E-state index in [1.807, 2.05) is 19.1 Å². The smallest absolute Gasteiger partial charge is 0.422 e. The van der Waals surface area contributed by atoms with Crippen molar-refractivity contribution in [2.24, 2.45) is 5.92 Å². The number of aromatic nitrogens is 3. The van der Waals surface area contributed by atoms with Crippen LogP contribution in [0.5, 0.6) is 6.01 Å². The molecule has 14 nitrogen and oxygen atoms in total. The first kappa shape index (κ1) is 38.1. The Bertz CT molecular complexity index is 1750. The molecule has 2 saturated carbocycles. The van der Waals surface area contributed by atoms with E-state index < -0.39 is 60.6 Å². The fourth-order valence-corrected chi connectivity index (χ4v) is 5.97. The van der Waals surface area contributed by atoms with Crippen molar-refractivity contribution >= 4 is 52.9 Å². The second-order valence-corrected chi connectivity index (χ2v) is 13.3. The van der Waals surface area contributed by atoms with Gasteiger partial charge in [0.1, 0.15) is 6.04 Å². The molecule has 0 aliphatic heterocycles. The van der Waals surface area contributed by atoms with Gasteiger partial charge in [0.15, 0.2) is 6.61 Å². The molecule has 3 aromatic rings. The minimum Gasteiger partial charge on any atom is -0.480 e. The first-order chi connectivity index (χ1) is 24.7. The number of halogens is 4. The number of amides is 3. The number of ether oxygens (including phenoxy) is 1. The summed E-state index contributed by atoms with van der Waals surface area (Å²) >= 11 is 6.02. The van der Waals surface area contributed by atoms with Gasteiger partial charge in [0.05, 0.1) is 5.54 Å². The van der Waals surface area contributed by atoms with Gasteiger partial charge in [-0.1, -0.05) is 43.0 Å². The minimum atomic E-state index is -4.64. The molecule has 0 radical (unpaired) electrons. The van der Waals surface area contributed by atoms with Crippen LogP contribution >= 0.6 is 11.6 Å². The molecule has 2 aromatic carbocycles. The van der Waals surface area contributed by atoms with Gasteiger partial charge in [-0.25, -0.2) is 4.79 Å². The van der Waals surface area contributed by atoms with Crippen molar-refractivity contribution in [2.75, 3.05) is 23.8 Å². The van der Waals surface area contributed by atoms with Crippen LogP contribution in [0.4, 0.5) is 30.8 Å². The molecule has 2 aliphatic carbocycles. The third-order valence-electron chi connectivity index (χ3n) is 8.87. The van der Waals surface area contributed by atoms with Crippen LogP contribution < -0.4 is 31.3 Å². The Morgan fingerprint density at radius 3 is 2.19 bits per heavy atom. The standard InChI is InChI=1S/C34H38ClF3N8O6/c1-19(20-5-3-2-4-6-20)40-28(49)27(48)39-17-25(29(50)51)42-26(47)21-7-13-24(14-8-21)41-30-43-31(45-32(44-30)52-18-34(36,37)38)46-33(15-16-33)22-9-11-23(35)12-10-22/h7-14,19-20,25H,2-6,15-18H2,1H3,(H,39,48)(H,40,49)(H,42,47)(H,50,51)(H2,41,43,44,45,46)/t19-,25+/m1/s1. The fourth-order valence-electron chi connectivity index (χ4n) is 5.85. The number of hydrogen-bond donors (Lipinski definition) is 6. The number of carboxylic acid groups (broad SMARTS) is 1. The zero-order valence-electron chi connectivity index (χ0n) is 28.1. The molecular formula is C34H38ClF3N8O6. The Kier molecular flexibility index (Phi) is 12.0. The first-order valence-corrected chi connectivity index (χ1v) is 17.1. The van der Waals surface area contributed by atoms with E-state index in [9.17, 15) is 37.5 Å². The number of hydrogen-bond acceptors (Lipinski definition) is 10. The van der Waals surface area contributed by atoms with Crippen molar-refractivity contribution in [2.45, 2.75) is 75.7 Å². The van der Waals surface area contributed by atoms with E-state index in [1.165, 1.54) is 24.3 Å². The van der Waals surface area contributed by atoms with Gasteiger partial charge in [-0.2, -0.15) is 28.1 Å². The summed E-state index contributed by atoms with van der Waals surface area (Å²) in [6.07, 6.45) is 1.94. The molecule has 0 unspecified atom stereocenters. The fraction of sp³-hybridized carbons (Fsp3) is 0.441. The first-order valence-electron chi connectivity index (χ1n) is 16.7. The van der Waals surface area contributed by atoms with Crippen molar-refractivity contribution in [1.82, 2.24) is 30.9 Å². The minimum absolute atomic E-state index is 0.0406. The zero-order chi connectivity index (χ0) is 37.5. The maximum atomic E-state index is 12.9. The molecule has 1 aromatic heterocycles. The van der Waals surface area contributed by atoms with E-state index >= 15 is 0 Å². The third kappa shape index (κ3) is 10.7. The van der Waals surface area contributed by atoms with Gasteiger partial charge < -0.3 is 36.4 Å². The van der Waals surface area contributed by atoms with E-state index in [2.05, 4.69) is 41.5 Å². The van der Waals surface area contributed by atoms with Gasteiger partial charge in [0, 0.05) is 28.9 Å². The average Bonchev–Trinajstić information content (AvgIpc) is 3.89. The monoisotopic (exact) mass is 746 g/mol. The number of nitrogens with one attached hydrogen (secondary N) is 5. The van der Waals surface area contributed by atoms with Crippen molar-refractivity contribution in [1.29, 1.82) is 0 Å². The summed E-state index contributed by atoms with van der Waals surface area (Å²) in [6.45, 7) is -0.340. The number of alkyl halides is 3. The highest BCUT2D eigenvalue weighted by Gasteiger charge is 2.45. The van der Waals surface area contributed by atoms with Gasteiger partial charge in [0.25, 0.3) is 5.91 Å². The second kappa shape index (κ2) is 16.4. The van der Waals surface area contributed by atoms with Gasteiger partial charge in [-0.3, -0.25) is 14.4 Å². The Morgan fingerprint density at radius 1 is 0.923 bits per heavy atom. The quantitative estimate of drug-likeness (QED) is 0.125. The molecule has 0 bridgehead atoms. The van der Waals surface area contributed by atoms with Crippen LogP contribution in [-0.4, -0.2) is 75.2 Å². The van der Waals surface area contributed by atoms with Crippen LogP contribution in [0, 0.1) is 5.92 Å². The molecule has 2 atom stereocenters. The van der Waals surface area contributed by atoms with Crippen LogP contribution in [0.15, 0.2) is 48.5 Å². The lowest BCUT2D eigenvalue weighted by Crippen LogP contribution is -2.52. The highest BCUT2D eigenvalue weighted by molar-refractivity contribution is 6.35. The SMILES string of the molecule is C[C@@H](NC(=O)C(=O)NC[C@H](NC(=O)c1ccc(Nc2nc(NC3(c4ccc(Cl)cc4)CC3)nc(OCC(F)(F)F)n2)cc1)C(=O)O)C1CCCCC1. The average molecular weight is 747 g/mol. The van der Waals surface area contributed by atoms with Crippen LogP contribution in [0.3, 0.4) is 0 Å². The van der Waals surface area contributed by atoms with Crippen LogP contribution in [-0.2, 0) is 19.9 Å². The number of carboxylic acids is 1. The van der Waals surface area contributed by atoms with Crippen LogP contribution in [0.25, 0.3) is 0 Å². The van der Waals surface area contributed by atoms with E-state index in [-0.39, 0.29) is 29.4 Å². The van der Waals surface area contributed by atoms with E-state index in [0.717, 1.165) is 37.7 Å². The molecule has 2 fully saturated rings. The van der Waals surface area contributed by atoms with Gasteiger partial charge in [0.2, 0.25) is 11.9 Å². The molecule has 5 rings (SSSR count). The second-order valence-electron chi connectivity index (χ2n) is 12.8. The largest absolute Gasteiger partial charge is 0.480 e. The molecule has 0 spiro atoms. The molecule has 52 heavy (non-hydrogen) atoms. The molecule has 18 heteroatoms. The number of carbonyl (C=O) groups excluding carboxylic acids is 3. The number of aliphatic carboxylic acids is 1. The maximum absolute atomic E-state index is 12.9. The predicted octanol–water partition coefficient (Wildman–Crippen LogP) is 4.70. The van der Waals surface area contributed by atoms with Crippen LogP contribution in [0.1, 0.15) is 67.8 Å². The highest BCUT2D eigenvalue weighted by atomic mass is 35.5. The Morgan fingerprint density at radius 2 is 1.58 bits per heavy atom. The summed E-state index contributed by atoms with van der Waals surface area (Å²) in [5, 5.41) is 23.4. The summed E-state index contributed by atoms with van der Waals surface area (Å²) in [5.74, 6) is -4.05. The van der Waals surface area contributed by atoms with Gasteiger partial charge in [-0.05, 0) is 80.5 Å². The normalized spacial score (nSPS) is 16.5. The maximum Gasteiger partial charge on any atom is 0.422 e. The topological polar surface area (TPSA) is 197 Å². The van der Waals surface area contributed by atoms with E-state index in [4.69, 9.17) is 16.3 Å². The lowest BCUT2D eigenvalue weighted by Gasteiger charge is -2.28. The lowest BCUT2D eigenvalue weighted by molar-refractivity contribution is -0.154. The molecular weight excluding hydrogens is 709 g/mol. The lowest BCUT2D eigenvalue weighted by atomic mass is 9.84. The predicted molar refractivity (Wildman–Crippen MR) is 183 cm³/mol. The Labute approximate surface area is 301 Å². The molecule has 278 valence electrons.